The van der Waals surface area contributed by atoms with E-state index in [1.807, 2.05) is 53.9 Å². The number of nitrogens with zero attached hydrogens (tertiary/aromatic N) is 5. The fraction of sp³-hybridized carbons (Fsp3) is 0.138. The molecule has 3 aromatic heterocycles. The molecule has 1 aliphatic heterocycles. The first-order valence-electron chi connectivity index (χ1n) is 12.6. The summed E-state index contributed by atoms with van der Waals surface area (Å²) in [4.78, 5) is 33.1. The van der Waals surface area contributed by atoms with Gasteiger partial charge in [0.2, 0.25) is 5.13 Å². The van der Waals surface area contributed by atoms with Gasteiger partial charge in [-0.15, -0.1) is 10.2 Å². The molecular weight excluding hydrogens is 637 g/mol. The Balaban J connectivity index is 1.45. The third-order valence-corrected chi connectivity index (χ3v) is 10.0. The van der Waals surface area contributed by atoms with Gasteiger partial charge >= 0.3 is 5.91 Å². The summed E-state index contributed by atoms with van der Waals surface area (Å²) < 4.78 is 2.42. The molecule has 0 saturated carbocycles. The zero-order valence-electron chi connectivity index (χ0n) is 22.0. The van der Waals surface area contributed by atoms with E-state index in [9.17, 15) is 14.7 Å². The smallest absolute Gasteiger partial charge is 0.301 e. The highest BCUT2D eigenvalue weighted by atomic mass is 35.5. The van der Waals surface area contributed by atoms with Gasteiger partial charge in [0, 0.05) is 17.0 Å². The summed E-state index contributed by atoms with van der Waals surface area (Å²) in [6.07, 6.45) is 1.82. The van der Waals surface area contributed by atoms with E-state index in [0.29, 0.717) is 37.0 Å². The molecule has 1 aliphatic rings. The number of benzene rings is 2. The first-order chi connectivity index (χ1) is 20.1. The van der Waals surface area contributed by atoms with Gasteiger partial charge in [0.1, 0.15) is 11.3 Å². The van der Waals surface area contributed by atoms with Crippen molar-refractivity contribution in [3.8, 4) is 0 Å². The highest BCUT2D eigenvalue weighted by Crippen LogP contribution is 2.45. The first-order valence-corrected chi connectivity index (χ1v) is 15.5. The number of carbonyl (C=O) groups excluding carboxylic acids is 2. The van der Waals surface area contributed by atoms with Crippen LogP contribution >= 0.6 is 57.9 Å². The molecule has 1 saturated heterocycles. The fourth-order valence-electron chi connectivity index (χ4n) is 4.79. The summed E-state index contributed by atoms with van der Waals surface area (Å²) in [5.41, 5.74) is 3.70. The van der Waals surface area contributed by atoms with Crippen molar-refractivity contribution in [2.45, 2.75) is 30.0 Å². The van der Waals surface area contributed by atoms with Crippen LogP contribution in [-0.2, 0) is 15.3 Å². The molecule has 4 heterocycles. The molecule has 1 unspecified atom stereocenters. The van der Waals surface area contributed by atoms with E-state index in [0.717, 1.165) is 11.1 Å². The quantitative estimate of drug-likeness (QED) is 0.0658. The molecule has 1 atom stereocenters. The van der Waals surface area contributed by atoms with Crippen LogP contribution in [0.5, 0.6) is 0 Å². The van der Waals surface area contributed by atoms with Gasteiger partial charge in [-0.25, -0.2) is 4.98 Å². The molecule has 13 heteroatoms. The average Bonchev–Trinajstić information content (AvgIpc) is 3.65. The zero-order valence-corrected chi connectivity index (χ0v) is 25.9. The Morgan fingerprint density at radius 3 is 2.50 bits per heavy atom. The van der Waals surface area contributed by atoms with Crippen molar-refractivity contribution in [2.24, 2.45) is 0 Å². The van der Waals surface area contributed by atoms with Crippen LogP contribution in [0.15, 0.2) is 70.7 Å². The van der Waals surface area contributed by atoms with E-state index in [1.54, 1.807) is 25.1 Å². The highest BCUT2D eigenvalue weighted by molar-refractivity contribution is 8.00. The van der Waals surface area contributed by atoms with E-state index in [-0.39, 0.29) is 21.4 Å². The zero-order chi connectivity index (χ0) is 29.7. The summed E-state index contributed by atoms with van der Waals surface area (Å²) in [6, 6.07) is 15.0. The Labute approximate surface area is 263 Å². The molecule has 212 valence electrons. The number of rotatable bonds is 6. The minimum absolute atomic E-state index is 0.131. The van der Waals surface area contributed by atoms with Crippen LogP contribution in [0.1, 0.15) is 34.1 Å². The molecule has 0 aliphatic carbocycles. The Kier molecular flexibility index (Phi) is 7.75. The van der Waals surface area contributed by atoms with Crippen molar-refractivity contribution in [3.05, 3.63) is 110 Å². The Hall–Kier alpha value is -3.41. The molecule has 1 fully saturated rings. The molecule has 6 rings (SSSR count). The number of carbonyl (C=O) groups is 2. The van der Waals surface area contributed by atoms with Gasteiger partial charge in [0.15, 0.2) is 10.1 Å². The second-order valence-electron chi connectivity index (χ2n) is 9.54. The second-order valence-corrected chi connectivity index (χ2v) is 13.0. The summed E-state index contributed by atoms with van der Waals surface area (Å²) in [6.45, 7) is 3.69. The van der Waals surface area contributed by atoms with Crippen LogP contribution in [0.25, 0.3) is 11.4 Å². The van der Waals surface area contributed by atoms with Crippen LogP contribution in [0, 0.1) is 13.8 Å². The number of anilines is 1. The normalized spacial score (nSPS) is 16.6. The third-order valence-electron chi connectivity index (χ3n) is 6.89. The maximum atomic E-state index is 13.6. The van der Waals surface area contributed by atoms with Gasteiger partial charge < -0.3 is 9.51 Å². The minimum Gasteiger partial charge on any atom is -0.505 e. The SMILES string of the molecule is Cc1cccn2c(C)c(/C(O)=C3\C(=O)C(=O)N(c4nnc(SCc5ccc(Cl)cc5)s4)C3c3ccc(Cl)c(Cl)c3)nc12. The van der Waals surface area contributed by atoms with E-state index in [4.69, 9.17) is 34.8 Å². The van der Waals surface area contributed by atoms with Crippen LogP contribution in [0.2, 0.25) is 15.1 Å². The lowest BCUT2D eigenvalue weighted by Crippen LogP contribution is -2.29. The number of fused-ring (bicyclic) bond motifs is 1. The standard InChI is InChI=1S/C29H20Cl3N5O3S2/c1-14-4-3-11-36-15(2)22(33-26(14)36)24(38)21-23(17-7-10-19(31)20(32)12-17)37(27(40)25(21)39)28-34-35-29(42-28)41-13-16-5-8-18(30)9-6-16/h3-12,23,38H,13H2,1-2H3/b24-21+. The number of aromatic nitrogens is 4. The fourth-order valence-corrected chi connectivity index (χ4v) is 7.04. The van der Waals surface area contributed by atoms with Crippen molar-refractivity contribution < 1.29 is 14.7 Å². The lowest BCUT2D eigenvalue weighted by Gasteiger charge is -2.22. The van der Waals surface area contributed by atoms with Crippen LogP contribution < -0.4 is 4.90 Å². The van der Waals surface area contributed by atoms with Crippen molar-refractivity contribution in [2.75, 3.05) is 4.90 Å². The van der Waals surface area contributed by atoms with E-state index in [2.05, 4.69) is 15.2 Å². The molecule has 8 nitrogen and oxygen atoms in total. The number of pyridine rings is 1. The van der Waals surface area contributed by atoms with Crippen molar-refractivity contribution >= 4 is 86.1 Å². The number of thioether (sulfide) groups is 1. The summed E-state index contributed by atoms with van der Waals surface area (Å²) in [5.74, 6) is -1.51. The van der Waals surface area contributed by atoms with E-state index in [1.165, 1.54) is 28.0 Å². The van der Waals surface area contributed by atoms with Gasteiger partial charge in [-0.3, -0.25) is 14.5 Å². The molecule has 5 aromatic rings. The number of amides is 1. The van der Waals surface area contributed by atoms with Crippen LogP contribution in [-0.4, -0.2) is 36.4 Å². The molecule has 0 bridgehead atoms. The van der Waals surface area contributed by atoms with Crippen molar-refractivity contribution in [3.63, 3.8) is 0 Å². The highest BCUT2D eigenvalue weighted by Gasteiger charge is 2.49. The number of ketones is 1. The average molecular weight is 657 g/mol. The Morgan fingerprint density at radius 2 is 1.79 bits per heavy atom. The van der Waals surface area contributed by atoms with Gasteiger partial charge in [-0.2, -0.15) is 0 Å². The maximum Gasteiger partial charge on any atom is 0.301 e. The van der Waals surface area contributed by atoms with E-state index >= 15 is 0 Å². The molecular formula is C29H20Cl3N5O3S2. The van der Waals surface area contributed by atoms with Crippen molar-refractivity contribution in [1.29, 1.82) is 0 Å². The summed E-state index contributed by atoms with van der Waals surface area (Å²) >= 11 is 21.1. The number of aliphatic hydroxyl groups excluding tert-OH is 1. The number of hydrogen-bond acceptors (Lipinski definition) is 8. The van der Waals surface area contributed by atoms with Gasteiger partial charge in [-0.1, -0.05) is 82.2 Å². The predicted molar refractivity (Wildman–Crippen MR) is 167 cm³/mol. The second kappa shape index (κ2) is 11.3. The Bertz CT molecular complexity index is 1920. The molecule has 1 amide bonds. The number of imidazole rings is 1. The molecule has 42 heavy (non-hydrogen) atoms. The lowest BCUT2D eigenvalue weighted by atomic mass is 9.96. The van der Waals surface area contributed by atoms with Gasteiger partial charge in [-0.05, 0) is 60.9 Å². The number of aryl methyl sites for hydroxylation is 2. The number of halogens is 3. The maximum absolute atomic E-state index is 13.6. The molecule has 1 N–H and O–H groups in total. The lowest BCUT2D eigenvalue weighted by molar-refractivity contribution is -0.132. The predicted octanol–water partition coefficient (Wildman–Crippen LogP) is 7.68. The summed E-state index contributed by atoms with van der Waals surface area (Å²) in [7, 11) is 0. The topological polar surface area (TPSA) is 101 Å². The number of hydrogen-bond donors (Lipinski definition) is 1. The molecule has 2 aromatic carbocycles. The largest absolute Gasteiger partial charge is 0.505 e. The van der Waals surface area contributed by atoms with Gasteiger partial charge in [0.25, 0.3) is 5.78 Å². The summed E-state index contributed by atoms with van der Waals surface area (Å²) in [5, 5.41) is 21.5. The van der Waals surface area contributed by atoms with Crippen LogP contribution in [0.4, 0.5) is 5.13 Å². The Morgan fingerprint density at radius 1 is 1.02 bits per heavy atom. The first kappa shape index (κ1) is 28.7. The van der Waals surface area contributed by atoms with Gasteiger partial charge in [0.05, 0.1) is 27.4 Å². The third kappa shape index (κ3) is 5.07. The minimum atomic E-state index is -1.05. The number of aliphatic hydroxyl groups is 1. The van der Waals surface area contributed by atoms with E-state index < -0.39 is 23.5 Å². The molecule has 0 spiro atoms. The molecule has 0 radical (unpaired) electrons. The van der Waals surface area contributed by atoms with Crippen molar-refractivity contribution in [1.82, 2.24) is 19.6 Å². The van der Waals surface area contributed by atoms with Crippen LogP contribution in [0.3, 0.4) is 0 Å². The number of Topliss-reactive ketones (excluding diaryl/α,β-unsaturated/α-hetero) is 1. The monoisotopic (exact) mass is 655 g/mol.